The van der Waals surface area contributed by atoms with Gasteiger partial charge in [-0.1, -0.05) is 12.1 Å². The van der Waals surface area contributed by atoms with Gasteiger partial charge in [-0.05, 0) is 25.7 Å². The molecule has 1 fully saturated rings. The Labute approximate surface area is 150 Å². The number of aromatic amines is 1. The van der Waals surface area contributed by atoms with E-state index >= 15 is 0 Å². The van der Waals surface area contributed by atoms with Gasteiger partial charge in [-0.3, -0.25) is 0 Å². The van der Waals surface area contributed by atoms with Crippen LogP contribution in [0.5, 0.6) is 11.5 Å². The average molecular weight is 364 g/mol. The number of methoxy groups -OCH3 is 2. The summed E-state index contributed by atoms with van der Waals surface area (Å²) in [6.07, 6.45) is 2.84. The van der Waals surface area contributed by atoms with Gasteiger partial charge >= 0.3 is 5.97 Å². The minimum Gasteiger partial charge on any atom is -0.496 e. The molecule has 0 aliphatic heterocycles. The molecule has 0 unspecified atom stereocenters. The molecule has 1 aromatic carbocycles. The zero-order valence-electron chi connectivity index (χ0n) is 14.9. The summed E-state index contributed by atoms with van der Waals surface area (Å²) in [7, 11) is 2.62. The third-order valence-corrected chi connectivity index (χ3v) is 4.87. The second-order valence-corrected chi connectivity index (χ2v) is 6.59. The minimum atomic E-state index is -0.611. The lowest BCUT2D eigenvalue weighted by Gasteiger charge is -2.35. The molecule has 1 aliphatic carbocycles. The molecule has 9 heteroatoms. The van der Waals surface area contributed by atoms with Gasteiger partial charge in [-0.15, -0.1) is 10.2 Å². The molecule has 0 radical (unpaired) electrons. The van der Waals surface area contributed by atoms with Crippen LogP contribution >= 0.6 is 0 Å². The van der Waals surface area contributed by atoms with Crippen LogP contribution in [0.2, 0.25) is 0 Å². The number of halogens is 1. The van der Waals surface area contributed by atoms with Crippen molar-refractivity contribution in [2.24, 2.45) is 0 Å². The van der Waals surface area contributed by atoms with Gasteiger partial charge in [0.05, 0.1) is 20.3 Å². The average Bonchev–Trinajstić information content (AvgIpc) is 3.20. The number of H-pyrrole nitrogens is 1. The lowest BCUT2D eigenvalue weighted by molar-refractivity contribution is 0.0595. The first-order chi connectivity index (χ1) is 12.5. The van der Waals surface area contributed by atoms with Crippen LogP contribution in [0, 0.1) is 5.82 Å². The van der Waals surface area contributed by atoms with Gasteiger partial charge in [0.15, 0.2) is 17.4 Å². The smallest absolute Gasteiger partial charge is 0.341 e. The Kier molecular flexibility index (Phi) is 5.06. The van der Waals surface area contributed by atoms with Crippen LogP contribution in [0.1, 0.15) is 48.8 Å². The maximum absolute atomic E-state index is 14.3. The molecule has 0 saturated heterocycles. The van der Waals surface area contributed by atoms with Crippen molar-refractivity contribution < 1.29 is 23.4 Å². The van der Waals surface area contributed by atoms with Crippen molar-refractivity contribution in [3.63, 3.8) is 0 Å². The van der Waals surface area contributed by atoms with Gasteiger partial charge in [0.2, 0.25) is 0 Å². The fourth-order valence-corrected chi connectivity index (χ4v) is 3.23. The van der Waals surface area contributed by atoms with Crippen molar-refractivity contribution in [2.45, 2.75) is 44.1 Å². The van der Waals surface area contributed by atoms with E-state index in [1.807, 2.05) is 0 Å². The van der Waals surface area contributed by atoms with E-state index in [2.05, 4.69) is 27.5 Å². The molecule has 0 spiro atoms. The topological polar surface area (TPSA) is 99.2 Å². The Balaban J connectivity index is 1.73. The number of nitrogens with zero attached hydrogens (tertiary/aromatic N) is 3. The van der Waals surface area contributed by atoms with E-state index in [1.54, 1.807) is 0 Å². The Bertz CT molecular complexity index is 773. The SMILES string of the molecule is COC(=O)c1cc(OC2CCC(C)(c3nn[nH]n3)CC2)c(F)cc1OC. The molecular weight excluding hydrogens is 343 g/mol. The standard InChI is InChI=1S/C17H21FN4O4/c1-17(16-19-21-22-20-16)6-4-10(5-7-17)26-14-8-11(15(23)25-3)13(24-2)9-12(14)18/h8-10H,4-7H2,1-3H3,(H,19,20,21,22). The molecular formula is C17H21FN4O4. The first-order valence-corrected chi connectivity index (χ1v) is 8.33. The number of ether oxygens (including phenoxy) is 3. The van der Waals surface area contributed by atoms with E-state index in [9.17, 15) is 9.18 Å². The van der Waals surface area contributed by atoms with Gasteiger partial charge < -0.3 is 14.2 Å². The predicted octanol–water partition coefficient (Wildman–Crippen LogP) is 2.41. The molecule has 26 heavy (non-hydrogen) atoms. The van der Waals surface area contributed by atoms with Gasteiger partial charge in [0.25, 0.3) is 0 Å². The Morgan fingerprint density at radius 1 is 1.27 bits per heavy atom. The van der Waals surface area contributed by atoms with E-state index in [0.29, 0.717) is 18.7 Å². The van der Waals surface area contributed by atoms with Crippen LogP contribution in [0.4, 0.5) is 4.39 Å². The van der Waals surface area contributed by atoms with E-state index in [4.69, 9.17) is 14.2 Å². The highest BCUT2D eigenvalue weighted by atomic mass is 19.1. The van der Waals surface area contributed by atoms with Crippen molar-refractivity contribution >= 4 is 5.97 Å². The van der Waals surface area contributed by atoms with Crippen molar-refractivity contribution in [3.8, 4) is 11.5 Å². The summed E-state index contributed by atoms with van der Waals surface area (Å²) in [6, 6.07) is 2.46. The van der Waals surface area contributed by atoms with Gasteiger partial charge in [-0.25, -0.2) is 9.18 Å². The summed E-state index contributed by atoms with van der Waals surface area (Å²) in [5.74, 6) is -0.394. The van der Waals surface area contributed by atoms with Crippen LogP contribution in [0.3, 0.4) is 0 Å². The Hall–Kier alpha value is -2.71. The zero-order valence-corrected chi connectivity index (χ0v) is 14.9. The highest BCUT2D eigenvalue weighted by Gasteiger charge is 2.37. The number of tetrazole rings is 1. The first-order valence-electron chi connectivity index (χ1n) is 8.33. The fraction of sp³-hybridized carbons (Fsp3) is 0.529. The monoisotopic (exact) mass is 364 g/mol. The van der Waals surface area contributed by atoms with Crippen molar-refractivity contribution in [2.75, 3.05) is 14.2 Å². The van der Waals surface area contributed by atoms with Crippen molar-refractivity contribution in [1.82, 2.24) is 20.6 Å². The van der Waals surface area contributed by atoms with Gasteiger partial charge in [-0.2, -0.15) is 5.21 Å². The zero-order chi connectivity index (χ0) is 18.7. The summed E-state index contributed by atoms with van der Waals surface area (Å²) in [5.41, 5.74) is -0.0542. The van der Waals surface area contributed by atoms with Gasteiger partial charge in [0, 0.05) is 17.5 Å². The number of nitrogens with one attached hydrogen (secondary N) is 1. The van der Waals surface area contributed by atoms with E-state index in [1.165, 1.54) is 20.3 Å². The number of carbonyl (C=O) groups is 1. The van der Waals surface area contributed by atoms with Crippen molar-refractivity contribution in [3.05, 3.63) is 29.3 Å². The molecule has 0 amide bonds. The normalized spacial score (nSPS) is 22.7. The van der Waals surface area contributed by atoms with Crippen LogP contribution < -0.4 is 9.47 Å². The van der Waals surface area contributed by atoms with Crippen LogP contribution in [-0.4, -0.2) is 46.9 Å². The molecule has 3 rings (SSSR count). The summed E-state index contributed by atoms with van der Waals surface area (Å²) in [6.45, 7) is 2.08. The number of hydrogen-bond acceptors (Lipinski definition) is 7. The molecule has 0 bridgehead atoms. The van der Waals surface area contributed by atoms with Crippen LogP contribution in [0.15, 0.2) is 12.1 Å². The first kappa shape index (κ1) is 18.1. The maximum atomic E-state index is 14.3. The fourth-order valence-electron chi connectivity index (χ4n) is 3.23. The number of carbonyl (C=O) groups excluding carboxylic acids is 1. The number of benzene rings is 1. The second-order valence-electron chi connectivity index (χ2n) is 6.59. The lowest BCUT2D eigenvalue weighted by Crippen LogP contribution is -2.34. The predicted molar refractivity (Wildman–Crippen MR) is 88.7 cm³/mol. The Morgan fingerprint density at radius 3 is 2.58 bits per heavy atom. The third-order valence-electron chi connectivity index (χ3n) is 4.87. The molecule has 8 nitrogen and oxygen atoms in total. The summed E-state index contributed by atoms with van der Waals surface area (Å²) >= 11 is 0. The molecule has 1 N–H and O–H groups in total. The van der Waals surface area contributed by atoms with Gasteiger partial charge in [0.1, 0.15) is 11.3 Å². The number of hydrogen-bond donors (Lipinski definition) is 1. The number of aromatic nitrogens is 4. The summed E-state index contributed by atoms with van der Waals surface area (Å²) in [5, 5.41) is 14.3. The lowest BCUT2D eigenvalue weighted by atomic mass is 9.74. The molecule has 0 atom stereocenters. The maximum Gasteiger partial charge on any atom is 0.341 e. The minimum absolute atomic E-state index is 0.0133. The molecule has 2 aromatic rings. The van der Waals surface area contributed by atoms with Crippen molar-refractivity contribution in [1.29, 1.82) is 0 Å². The van der Waals surface area contributed by atoms with Crippen LogP contribution in [0.25, 0.3) is 0 Å². The van der Waals surface area contributed by atoms with E-state index in [0.717, 1.165) is 18.9 Å². The molecule has 1 heterocycles. The molecule has 1 aliphatic rings. The largest absolute Gasteiger partial charge is 0.496 e. The summed E-state index contributed by atoms with van der Waals surface area (Å²) < 4.78 is 29.9. The molecule has 1 saturated carbocycles. The molecule has 1 aromatic heterocycles. The Morgan fingerprint density at radius 2 is 2.00 bits per heavy atom. The highest BCUT2D eigenvalue weighted by Crippen LogP contribution is 2.39. The number of rotatable bonds is 5. The van der Waals surface area contributed by atoms with Crippen LogP contribution in [-0.2, 0) is 10.2 Å². The quantitative estimate of drug-likeness (QED) is 0.813. The molecule has 140 valence electrons. The third kappa shape index (κ3) is 3.47. The second kappa shape index (κ2) is 7.27. The highest BCUT2D eigenvalue weighted by molar-refractivity contribution is 5.93. The number of esters is 1. The van der Waals surface area contributed by atoms with E-state index in [-0.39, 0.29) is 28.6 Å². The van der Waals surface area contributed by atoms with E-state index < -0.39 is 11.8 Å². The summed E-state index contributed by atoms with van der Waals surface area (Å²) in [4.78, 5) is 11.9.